The standard InChI is InChI=1S/C27H48O3.C4H6O3/c1-5-6-7-8-9-24(29)22-11-10-20-19-17-25(30-4)23-16-18(28)12-14-27(23,3)21(19)13-15-26(20,22)2;5-3-1-2-4(6)7/h18-25,28-29H,5-17H2,1-4H3;3H,1-2H2,(H,6,7)/t18?,19?,20?,21-,22?,23?,24?,25-,26?,27?;/m0./s1. The van der Waals surface area contributed by atoms with Gasteiger partial charge in [-0.25, -0.2) is 0 Å². The first-order valence-electron chi connectivity index (χ1n) is 15.2. The van der Waals surface area contributed by atoms with E-state index in [9.17, 15) is 19.8 Å². The number of rotatable bonds is 10. The average molecular weight is 523 g/mol. The molecule has 0 aromatic rings. The Morgan fingerprint density at radius 1 is 1.00 bits per heavy atom. The number of hydrogen-bond donors (Lipinski definition) is 3. The lowest BCUT2D eigenvalue weighted by Crippen LogP contribution is -2.58. The van der Waals surface area contributed by atoms with Crippen LogP contribution in [0, 0.1) is 40.4 Å². The van der Waals surface area contributed by atoms with Gasteiger partial charge in [-0.3, -0.25) is 4.79 Å². The molecule has 6 nitrogen and oxygen atoms in total. The Kier molecular flexibility index (Phi) is 11.1. The highest BCUT2D eigenvalue weighted by Gasteiger charge is 2.62. The number of ether oxygens (including phenoxy) is 1. The van der Waals surface area contributed by atoms with Crippen molar-refractivity contribution in [2.75, 3.05) is 7.11 Å². The summed E-state index contributed by atoms with van der Waals surface area (Å²) in [6.07, 6.45) is 16.1. The smallest absolute Gasteiger partial charge is 0.303 e. The summed E-state index contributed by atoms with van der Waals surface area (Å²) in [5.41, 5.74) is 0.627. The normalized spacial score (nSPS) is 41.4. The van der Waals surface area contributed by atoms with Crippen molar-refractivity contribution in [2.24, 2.45) is 40.4 Å². The highest BCUT2D eigenvalue weighted by atomic mass is 16.5. The second kappa shape index (κ2) is 13.4. The fraction of sp³-hybridized carbons (Fsp3) is 0.935. The lowest BCUT2D eigenvalue weighted by atomic mass is 9.44. The van der Waals surface area contributed by atoms with Crippen LogP contribution in [0.25, 0.3) is 0 Å². The third-order valence-corrected chi connectivity index (χ3v) is 11.3. The van der Waals surface area contributed by atoms with Gasteiger partial charge in [0.05, 0.1) is 24.7 Å². The van der Waals surface area contributed by atoms with Gasteiger partial charge in [-0.05, 0) is 98.2 Å². The van der Waals surface area contributed by atoms with Crippen LogP contribution in [0.3, 0.4) is 0 Å². The zero-order valence-electron chi connectivity index (χ0n) is 23.9. The Morgan fingerprint density at radius 2 is 1.70 bits per heavy atom. The Morgan fingerprint density at radius 3 is 2.32 bits per heavy atom. The Hall–Kier alpha value is -0.980. The molecule has 4 rings (SSSR count). The quantitative estimate of drug-likeness (QED) is 0.240. The molecule has 3 N–H and O–H groups in total. The molecule has 10 atom stereocenters. The van der Waals surface area contributed by atoms with Crippen LogP contribution in [0.1, 0.15) is 117 Å². The Bertz CT molecular complexity index is 741. The number of carbonyl (C=O) groups is 2. The van der Waals surface area contributed by atoms with E-state index >= 15 is 0 Å². The topological polar surface area (TPSA) is 104 Å². The lowest BCUT2D eigenvalue weighted by molar-refractivity contribution is -0.181. The largest absolute Gasteiger partial charge is 0.481 e. The molecule has 0 aromatic heterocycles. The maximum absolute atomic E-state index is 11.2. The van der Waals surface area contributed by atoms with Crippen LogP contribution in [-0.4, -0.2) is 53.0 Å². The molecular weight excluding hydrogens is 468 g/mol. The molecule has 37 heavy (non-hydrogen) atoms. The van der Waals surface area contributed by atoms with Gasteiger partial charge in [-0.15, -0.1) is 0 Å². The predicted molar refractivity (Wildman–Crippen MR) is 145 cm³/mol. The summed E-state index contributed by atoms with van der Waals surface area (Å²) in [7, 11) is 1.89. The molecule has 4 saturated carbocycles. The number of aliphatic hydroxyl groups is 2. The Balaban J connectivity index is 0.000000479. The molecule has 4 aliphatic carbocycles. The van der Waals surface area contributed by atoms with E-state index in [4.69, 9.17) is 9.84 Å². The van der Waals surface area contributed by atoms with Crippen molar-refractivity contribution in [1.82, 2.24) is 0 Å². The average Bonchev–Trinajstić information content (AvgIpc) is 3.23. The van der Waals surface area contributed by atoms with Crippen LogP contribution in [0.4, 0.5) is 0 Å². The molecule has 4 aliphatic rings. The maximum atomic E-state index is 11.2. The van der Waals surface area contributed by atoms with Gasteiger partial charge in [0.15, 0.2) is 0 Å². The summed E-state index contributed by atoms with van der Waals surface area (Å²) in [4.78, 5) is 19.0. The summed E-state index contributed by atoms with van der Waals surface area (Å²) in [5, 5.41) is 29.4. The molecule has 0 heterocycles. The van der Waals surface area contributed by atoms with Gasteiger partial charge in [0.2, 0.25) is 0 Å². The first kappa shape index (κ1) is 30.6. The third kappa shape index (κ3) is 6.61. The first-order chi connectivity index (χ1) is 17.6. The molecule has 0 bridgehead atoms. The summed E-state index contributed by atoms with van der Waals surface area (Å²) in [5.74, 6) is 2.34. The van der Waals surface area contributed by atoms with Crippen LogP contribution >= 0.6 is 0 Å². The number of carbonyl (C=O) groups excluding carboxylic acids is 1. The maximum Gasteiger partial charge on any atom is 0.303 e. The van der Waals surface area contributed by atoms with Crippen molar-refractivity contribution < 1.29 is 29.6 Å². The molecule has 4 fully saturated rings. The van der Waals surface area contributed by atoms with E-state index in [1.54, 1.807) is 0 Å². The molecule has 8 unspecified atom stereocenters. The predicted octanol–water partition coefficient (Wildman–Crippen LogP) is 6.01. The van der Waals surface area contributed by atoms with Crippen molar-refractivity contribution in [3.63, 3.8) is 0 Å². The number of hydrogen-bond acceptors (Lipinski definition) is 5. The fourth-order valence-corrected chi connectivity index (χ4v) is 9.34. The van der Waals surface area contributed by atoms with Gasteiger partial charge in [0.25, 0.3) is 0 Å². The third-order valence-electron chi connectivity index (χ3n) is 11.3. The number of carboxylic acids is 1. The van der Waals surface area contributed by atoms with E-state index in [0.29, 0.717) is 35.1 Å². The zero-order valence-corrected chi connectivity index (χ0v) is 23.9. The van der Waals surface area contributed by atoms with E-state index < -0.39 is 5.97 Å². The number of aliphatic carboxylic acids is 1. The van der Waals surface area contributed by atoms with Crippen LogP contribution in [0.15, 0.2) is 0 Å². The number of aldehydes is 1. The first-order valence-corrected chi connectivity index (χ1v) is 15.2. The highest BCUT2D eigenvalue weighted by molar-refractivity contribution is 5.70. The van der Waals surface area contributed by atoms with Gasteiger partial charge < -0.3 is 24.9 Å². The van der Waals surface area contributed by atoms with E-state index in [1.807, 2.05) is 7.11 Å². The highest BCUT2D eigenvalue weighted by Crippen LogP contribution is 2.68. The molecule has 0 aromatic carbocycles. The summed E-state index contributed by atoms with van der Waals surface area (Å²) in [6.45, 7) is 7.32. The van der Waals surface area contributed by atoms with Crippen molar-refractivity contribution in [3.05, 3.63) is 0 Å². The molecule has 214 valence electrons. The minimum absolute atomic E-state index is 0.0521. The second-order valence-electron chi connectivity index (χ2n) is 13.2. The molecule has 0 spiro atoms. The van der Waals surface area contributed by atoms with Crippen molar-refractivity contribution in [1.29, 1.82) is 0 Å². The van der Waals surface area contributed by atoms with Crippen LogP contribution in [-0.2, 0) is 14.3 Å². The van der Waals surface area contributed by atoms with Crippen LogP contribution in [0.2, 0.25) is 0 Å². The lowest BCUT2D eigenvalue weighted by Gasteiger charge is -2.62. The molecule has 0 amide bonds. The van der Waals surface area contributed by atoms with Gasteiger partial charge in [-0.1, -0.05) is 46.5 Å². The van der Waals surface area contributed by atoms with Gasteiger partial charge >= 0.3 is 5.97 Å². The molecule has 6 heteroatoms. The van der Waals surface area contributed by atoms with E-state index in [-0.39, 0.29) is 25.0 Å². The van der Waals surface area contributed by atoms with Crippen molar-refractivity contribution in [3.8, 4) is 0 Å². The summed E-state index contributed by atoms with van der Waals surface area (Å²) in [6, 6.07) is 0. The number of fused-ring (bicyclic) bond motifs is 5. The minimum atomic E-state index is -0.924. The minimum Gasteiger partial charge on any atom is -0.481 e. The monoisotopic (exact) mass is 522 g/mol. The van der Waals surface area contributed by atoms with Gasteiger partial charge in [0, 0.05) is 13.5 Å². The number of unbranched alkanes of at least 4 members (excludes halogenated alkanes) is 3. The van der Waals surface area contributed by atoms with E-state index in [1.165, 1.54) is 57.8 Å². The van der Waals surface area contributed by atoms with Crippen LogP contribution in [0.5, 0.6) is 0 Å². The molecule has 0 radical (unpaired) electrons. The fourth-order valence-electron chi connectivity index (χ4n) is 9.34. The SMILES string of the molecule is CCCCCCC(O)C1CCC2C3C[C@H](OC)C4CC(O)CCC4(C)[C@H]3CCC12C.O=CCCC(=O)O. The van der Waals surface area contributed by atoms with Crippen molar-refractivity contribution in [2.45, 2.75) is 135 Å². The Labute approximate surface area is 224 Å². The van der Waals surface area contributed by atoms with Gasteiger partial charge in [0.1, 0.15) is 6.29 Å². The zero-order chi connectivity index (χ0) is 27.2. The number of carboxylic acid groups (broad SMARTS) is 1. The van der Waals surface area contributed by atoms with Gasteiger partial charge in [-0.2, -0.15) is 0 Å². The molecule has 0 aliphatic heterocycles. The van der Waals surface area contributed by atoms with E-state index in [2.05, 4.69) is 20.8 Å². The second-order valence-corrected chi connectivity index (χ2v) is 13.2. The number of methoxy groups -OCH3 is 1. The van der Waals surface area contributed by atoms with Crippen LogP contribution < -0.4 is 0 Å². The molecule has 0 saturated heterocycles. The molecular formula is C31H54O6. The van der Waals surface area contributed by atoms with E-state index in [0.717, 1.165) is 43.4 Å². The number of aliphatic hydroxyl groups excluding tert-OH is 2. The summed E-state index contributed by atoms with van der Waals surface area (Å²) >= 11 is 0. The van der Waals surface area contributed by atoms with Crippen molar-refractivity contribution >= 4 is 12.3 Å². The summed E-state index contributed by atoms with van der Waals surface area (Å²) < 4.78 is 6.09.